The lowest BCUT2D eigenvalue weighted by Crippen LogP contribution is -2.10. The van der Waals surface area contributed by atoms with Gasteiger partial charge in [0.05, 0.1) is 5.04 Å². The molecule has 0 saturated carbocycles. The highest BCUT2D eigenvalue weighted by molar-refractivity contribution is 8.14. The molecule has 0 saturated heterocycles. The topological polar surface area (TPSA) is 12.4 Å². The van der Waals surface area contributed by atoms with Crippen molar-refractivity contribution in [2.75, 3.05) is 12.3 Å². The molecule has 2 heteroatoms. The lowest BCUT2D eigenvalue weighted by Gasteiger charge is -2.18. The number of hydrogen-bond acceptors (Lipinski definition) is 2. The van der Waals surface area contributed by atoms with Gasteiger partial charge >= 0.3 is 0 Å². The van der Waals surface area contributed by atoms with E-state index >= 15 is 0 Å². The lowest BCUT2D eigenvalue weighted by atomic mass is 10.0. The van der Waals surface area contributed by atoms with Crippen molar-refractivity contribution in [1.29, 1.82) is 0 Å². The first-order valence-electron chi connectivity index (χ1n) is 6.83. The summed E-state index contributed by atoms with van der Waals surface area (Å²) in [6, 6.07) is 0. The summed E-state index contributed by atoms with van der Waals surface area (Å²) >= 11 is 1.74. The Balaban J connectivity index is 0. The normalized spacial score (nSPS) is 17.9. The van der Waals surface area contributed by atoms with E-state index in [1.165, 1.54) is 11.1 Å². The molecular weight excluding hydrogens is 262 g/mol. The SMILES string of the molecule is C.C=C/C=C1/C(SCC=C)=NCC/C1=C/C.CC(C)C. The fourth-order valence-corrected chi connectivity index (χ4v) is 2.31. The van der Waals surface area contributed by atoms with Crippen LogP contribution in [-0.2, 0) is 0 Å². The summed E-state index contributed by atoms with van der Waals surface area (Å²) < 4.78 is 0. The third-order valence-electron chi connectivity index (χ3n) is 2.18. The van der Waals surface area contributed by atoms with Crippen LogP contribution < -0.4 is 0 Å². The van der Waals surface area contributed by atoms with Gasteiger partial charge in [0.15, 0.2) is 0 Å². The zero-order valence-electron chi connectivity index (χ0n) is 12.8. The zero-order valence-corrected chi connectivity index (χ0v) is 13.6. The molecule has 0 aromatic carbocycles. The molecule has 20 heavy (non-hydrogen) atoms. The van der Waals surface area contributed by atoms with E-state index in [0.29, 0.717) is 0 Å². The van der Waals surface area contributed by atoms with E-state index in [4.69, 9.17) is 0 Å². The molecule has 1 nitrogen and oxygen atoms in total. The van der Waals surface area contributed by atoms with Gasteiger partial charge in [-0.15, -0.1) is 18.3 Å². The number of nitrogens with zero attached hydrogens (tertiary/aromatic N) is 1. The Morgan fingerprint density at radius 1 is 1.30 bits per heavy atom. The van der Waals surface area contributed by atoms with Crippen molar-refractivity contribution in [1.82, 2.24) is 0 Å². The van der Waals surface area contributed by atoms with Gasteiger partial charge in [-0.1, -0.05) is 59.1 Å². The van der Waals surface area contributed by atoms with E-state index in [1.54, 1.807) is 11.8 Å². The van der Waals surface area contributed by atoms with Crippen molar-refractivity contribution in [2.24, 2.45) is 10.9 Å². The largest absolute Gasteiger partial charge is 0.277 e. The molecule has 0 unspecified atom stereocenters. The summed E-state index contributed by atoms with van der Waals surface area (Å²) in [6.07, 6.45) is 8.98. The summed E-state index contributed by atoms with van der Waals surface area (Å²) in [5, 5.41) is 1.12. The van der Waals surface area contributed by atoms with Crippen LogP contribution in [0.25, 0.3) is 0 Å². The summed E-state index contributed by atoms with van der Waals surface area (Å²) in [5.74, 6) is 1.74. The average Bonchev–Trinajstić information content (AvgIpc) is 2.37. The quantitative estimate of drug-likeness (QED) is 0.576. The van der Waals surface area contributed by atoms with Gasteiger partial charge in [0.1, 0.15) is 0 Å². The molecule has 0 bridgehead atoms. The van der Waals surface area contributed by atoms with E-state index < -0.39 is 0 Å². The third-order valence-corrected chi connectivity index (χ3v) is 3.21. The number of aliphatic imine (C=N–C) groups is 1. The first kappa shape index (κ1) is 21.3. The van der Waals surface area contributed by atoms with Crippen LogP contribution in [0.2, 0.25) is 0 Å². The second kappa shape index (κ2) is 13.0. The first-order valence-corrected chi connectivity index (χ1v) is 7.82. The minimum absolute atomic E-state index is 0. The molecule has 0 atom stereocenters. The van der Waals surface area contributed by atoms with Crippen molar-refractivity contribution in [3.63, 3.8) is 0 Å². The van der Waals surface area contributed by atoms with Gasteiger partial charge < -0.3 is 0 Å². The van der Waals surface area contributed by atoms with Gasteiger partial charge in [-0.25, -0.2) is 0 Å². The standard InChI is InChI=1S/C13H17NS.C4H10.CH4/c1-4-7-12-11(6-3)8-9-14-13(12)15-10-5-2;1-4(2)3;/h4-7H,1-2,8-10H2,3H3;4H,1-3H3;1H4/b11-6-,12-7+;;. The lowest BCUT2D eigenvalue weighted by molar-refractivity contribution is 0.737. The van der Waals surface area contributed by atoms with Crippen LogP contribution in [-0.4, -0.2) is 17.3 Å². The summed E-state index contributed by atoms with van der Waals surface area (Å²) in [7, 11) is 0. The van der Waals surface area contributed by atoms with Gasteiger partial charge in [-0.05, 0) is 24.8 Å². The Kier molecular flexibility index (Phi) is 13.8. The maximum absolute atomic E-state index is 4.54. The highest BCUT2D eigenvalue weighted by Crippen LogP contribution is 2.26. The summed E-state index contributed by atoms with van der Waals surface area (Å²) in [6.45, 7) is 16.9. The van der Waals surface area contributed by atoms with Gasteiger partial charge in [-0.3, -0.25) is 4.99 Å². The maximum Gasteiger partial charge on any atom is 0.0982 e. The van der Waals surface area contributed by atoms with Crippen LogP contribution in [0.15, 0.2) is 53.6 Å². The summed E-state index contributed by atoms with van der Waals surface area (Å²) in [5.41, 5.74) is 2.60. The minimum Gasteiger partial charge on any atom is -0.277 e. The van der Waals surface area contributed by atoms with Crippen molar-refractivity contribution in [3.8, 4) is 0 Å². The Hall–Kier alpha value is -1.02. The molecule has 0 aromatic heterocycles. The van der Waals surface area contributed by atoms with Crippen LogP contribution >= 0.6 is 11.8 Å². The van der Waals surface area contributed by atoms with Gasteiger partial charge in [-0.2, -0.15) is 0 Å². The van der Waals surface area contributed by atoms with E-state index in [0.717, 1.165) is 29.7 Å². The second-order valence-electron chi connectivity index (χ2n) is 4.90. The summed E-state index contributed by atoms with van der Waals surface area (Å²) in [4.78, 5) is 4.54. The number of hydrogen-bond donors (Lipinski definition) is 0. The molecule has 0 fully saturated rings. The molecule has 1 aliphatic rings. The molecule has 1 aliphatic heterocycles. The van der Waals surface area contributed by atoms with Crippen molar-refractivity contribution < 1.29 is 0 Å². The van der Waals surface area contributed by atoms with Crippen LogP contribution in [0, 0.1) is 5.92 Å². The molecule has 0 aliphatic carbocycles. The van der Waals surface area contributed by atoms with Crippen LogP contribution in [0.4, 0.5) is 0 Å². The van der Waals surface area contributed by atoms with Crippen LogP contribution in [0.5, 0.6) is 0 Å². The zero-order chi connectivity index (χ0) is 14.7. The predicted octanol–water partition coefficient (Wildman–Crippen LogP) is 6.06. The Morgan fingerprint density at radius 3 is 2.35 bits per heavy atom. The first-order chi connectivity index (χ1) is 9.06. The molecule has 0 aromatic rings. The molecule has 0 radical (unpaired) electrons. The van der Waals surface area contributed by atoms with E-state index in [9.17, 15) is 0 Å². The van der Waals surface area contributed by atoms with Crippen LogP contribution in [0.1, 0.15) is 41.5 Å². The fraction of sp³-hybridized carbons (Fsp3) is 0.500. The molecular formula is C18H31NS. The smallest absolute Gasteiger partial charge is 0.0982 e. The monoisotopic (exact) mass is 293 g/mol. The van der Waals surface area contributed by atoms with E-state index in [-0.39, 0.29) is 7.43 Å². The molecule has 0 amide bonds. The molecule has 0 spiro atoms. The number of thioether (sulfide) groups is 1. The van der Waals surface area contributed by atoms with Crippen molar-refractivity contribution in [3.05, 3.63) is 48.6 Å². The number of allylic oxidation sites excluding steroid dienone is 3. The highest BCUT2D eigenvalue weighted by Gasteiger charge is 2.15. The highest BCUT2D eigenvalue weighted by atomic mass is 32.2. The molecule has 0 N–H and O–H groups in total. The Labute approximate surface area is 130 Å². The average molecular weight is 294 g/mol. The molecule has 1 rings (SSSR count). The Morgan fingerprint density at radius 2 is 1.90 bits per heavy atom. The number of rotatable bonds is 3. The second-order valence-corrected chi connectivity index (χ2v) is 5.91. The van der Waals surface area contributed by atoms with E-state index in [2.05, 4.69) is 51.9 Å². The van der Waals surface area contributed by atoms with Gasteiger partial charge in [0.2, 0.25) is 0 Å². The van der Waals surface area contributed by atoms with E-state index in [1.807, 2.05) is 18.2 Å². The fourth-order valence-electron chi connectivity index (χ4n) is 1.49. The van der Waals surface area contributed by atoms with Gasteiger partial charge in [0.25, 0.3) is 0 Å². The minimum atomic E-state index is 0. The van der Waals surface area contributed by atoms with Crippen LogP contribution in [0.3, 0.4) is 0 Å². The third kappa shape index (κ3) is 8.98. The molecule has 114 valence electrons. The maximum atomic E-state index is 4.54. The van der Waals surface area contributed by atoms with Crippen molar-refractivity contribution >= 4 is 16.8 Å². The van der Waals surface area contributed by atoms with Gasteiger partial charge in [0, 0.05) is 17.9 Å². The predicted molar refractivity (Wildman–Crippen MR) is 98.9 cm³/mol. The van der Waals surface area contributed by atoms with Crippen molar-refractivity contribution in [2.45, 2.75) is 41.5 Å². The Bertz CT molecular complexity index is 370. The molecule has 1 heterocycles.